The Morgan fingerprint density at radius 1 is 1.35 bits per heavy atom. The van der Waals surface area contributed by atoms with Gasteiger partial charge < -0.3 is 11.1 Å². The van der Waals surface area contributed by atoms with E-state index in [1.807, 2.05) is 18.2 Å². The van der Waals surface area contributed by atoms with Crippen molar-refractivity contribution in [3.05, 3.63) is 28.8 Å². The van der Waals surface area contributed by atoms with Crippen LogP contribution in [-0.2, 0) is 6.54 Å². The molecule has 0 heterocycles. The minimum Gasteiger partial charge on any atom is -0.398 e. The molecule has 17 heavy (non-hydrogen) atoms. The van der Waals surface area contributed by atoms with Gasteiger partial charge in [-0.2, -0.15) is 0 Å². The number of hydrogen-bond acceptors (Lipinski definition) is 2. The first-order valence-electron chi connectivity index (χ1n) is 6.05. The van der Waals surface area contributed by atoms with Gasteiger partial charge in [0.1, 0.15) is 0 Å². The van der Waals surface area contributed by atoms with Crippen LogP contribution in [0, 0.1) is 11.3 Å². The number of benzene rings is 1. The van der Waals surface area contributed by atoms with Crippen LogP contribution in [0.1, 0.15) is 33.3 Å². The molecule has 0 aliphatic rings. The first-order chi connectivity index (χ1) is 7.80. The molecule has 0 saturated carbocycles. The van der Waals surface area contributed by atoms with E-state index in [4.69, 9.17) is 17.3 Å². The van der Waals surface area contributed by atoms with Gasteiger partial charge in [-0.05, 0) is 35.6 Å². The van der Waals surface area contributed by atoms with Gasteiger partial charge in [-0.3, -0.25) is 0 Å². The molecule has 0 fully saturated rings. The Balaban J connectivity index is 2.44. The van der Waals surface area contributed by atoms with Crippen molar-refractivity contribution in [1.29, 1.82) is 0 Å². The van der Waals surface area contributed by atoms with Gasteiger partial charge in [-0.25, -0.2) is 0 Å². The third-order valence-electron chi connectivity index (χ3n) is 3.32. The Morgan fingerprint density at radius 2 is 2.00 bits per heavy atom. The summed E-state index contributed by atoms with van der Waals surface area (Å²) in [4.78, 5) is 0. The van der Waals surface area contributed by atoms with E-state index in [2.05, 4.69) is 33.0 Å². The highest BCUT2D eigenvalue weighted by Crippen LogP contribution is 2.24. The summed E-state index contributed by atoms with van der Waals surface area (Å²) in [6, 6.07) is 5.78. The maximum absolute atomic E-state index is 5.88. The van der Waals surface area contributed by atoms with Crippen molar-refractivity contribution in [2.45, 2.75) is 34.2 Å². The summed E-state index contributed by atoms with van der Waals surface area (Å²) in [5.74, 6) is 0.632. The van der Waals surface area contributed by atoms with E-state index in [9.17, 15) is 0 Å². The lowest BCUT2D eigenvalue weighted by Gasteiger charge is -2.27. The normalized spacial score (nSPS) is 13.7. The van der Waals surface area contributed by atoms with Crippen LogP contribution in [-0.4, -0.2) is 6.54 Å². The standard InChI is InChI=1S/C14H23ClN2/c1-10(14(2,3)4)8-17-9-11-5-6-12(15)13(16)7-11/h5-7,10,17H,8-9,16H2,1-4H3. The molecule has 0 saturated heterocycles. The van der Waals surface area contributed by atoms with Gasteiger partial charge in [0.15, 0.2) is 0 Å². The van der Waals surface area contributed by atoms with Crippen molar-refractivity contribution in [1.82, 2.24) is 5.32 Å². The fourth-order valence-electron chi connectivity index (χ4n) is 1.44. The van der Waals surface area contributed by atoms with Gasteiger partial charge in [0.05, 0.1) is 10.7 Å². The van der Waals surface area contributed by atoms with Crippen molar-refractivity contribution < 1.29 is 0 Å². The quantitative estimate of drug-likeness (QED) is 0.805. The molecular formula is C14H23ClN2. The molecule has 0 bridgehead atoms. The molecule has 0 aliphatic carbocycles. The van der Waals surface area contributed by atoms with Crippen LogP contribution in [0.2, 0.25) is 5.02 Å². The van der Waals surface area contributed by atoms with Gasteiger partial charge in [0, 0.05) is 6.54 Å². The molecule has 1 aromatic rings. The second kappa shape index (κ2) is 5.74. The molecule has 1 atom stereocenters. The molecule has 2 nitrogen and oxygen atoms in total. The molecule has 0 radical (unpaired) electrons. The first-order valence-corrected chi connectivity index (χ1v) is 6.43. The Kier molecular flexibility index (Phi) is 4.84. The summed E-state index contributed by atoms with van der Waals surface area (Å²) in [5, 5.41) is 4.08. The molecular weight excluding hydrogens is 232 g/mol. The molecule has 0 amide bonds. The average Bonchev–Trinajstić information content (AvgIpc) is 2.22. The van der Waals surface area contributed by atoms with E-state index in [-0.39, 0.29) is 0 Å². The highest BCUT2D eigenvalue weighted by molar-refractivity contribution is 6.33. The van der Waals surface area contributed by atoms with Crippen molar-refractivity contribution in [2.24, 2.45) is 11.3 Å². The lowest BCUT2D eigenvalue weighted by Crippen LogP contribution is -2.29. The fourth-order valence-corrected chi connectivity index (χ4v) is 1.56. The largest absolute Gasteiger partial charge is 0.398 e. The SMILES string of the molecule is CC(CNCc1ccc(Cl)c(N)c1)C(C)(C)C. The van der Waals surface area contributed by atoms with Crippen molar-refractivity contribution >= 4 is 17.3 Å². The third kappa shape index (κ3) is 4.57. The van der Waals surface area contributed by atoms with Crippen molar-refractivity contribution in [3.8, 4) is 0 Å². The third-order valence-corrected chi connectivity index (χ3v) is 3.66. The summed E-state index contributed by atoms with van der Waals surface area (Å²) in [7, 11) is 0. The summed E-state index contributed by atoms with van der Waals surface area (Å²) >= 11 is 5.88. The zero-order chi connectivity index (χ0) is 13.1. The molecule has 3 heteroatoms. The van der Waals surface area contributed by atoms with Gasteiger partial charge in [0.25, 0.3) is 0 Å². The van der Waals surface area contributed by atoms with Crippen molar-refractivity contribution in [2.75, 3.05) is 12.3 Å². The predicted octanol–water partition coefficient (Wildman–Crippen LogP) is 3.69. The molecule has 3 N–H and O–H groups in total. The Bertz CT molecular complexity index is 369. The zero-order valence-electron chi connectivity index (χ0n) is 11.2. The number of nitrogens with two attached hydrogens (primary N) is 1. The van der Waals surface area contributed by atoms with E-state index in [1.54, 1.807) is 0 Å². The topological polar surface area (TPSA) is 38.0 Å². The first kappa shape index (κ1) is 14.3. The summed E-state index contributed by atoms with van der Waals surface area (Å²) in [5.41, 5.74) is 7.92. The minimum absolute atomic E-state index is 0.339. The number of nitrogens with one attached hydrogen (secondary N) is 1. The van der Waals surface area contributed by atoms with E-state index in [0.717, 1.165) is 13.1 Å². The van der Waals surface area contributed by atoms with Crippen LogP contribution in [0.15, 0.2) is 18.2 Å². The maximum Gasteiger partial charge on any atom is 0.0635 e. The molecule has 0 aromatic heterocycles. The lowest BCUT2D eigenvalue weighted by atomic mass is 9.82. The number of nitrogen functional groups attached to an aromatic ring is 1. The van der Waals surface area contributed by atoms with Crippen LogP contribution in [0.4, 0.5) is 5.69 Å². The molecule has 96 valence electrons. The van der Waals surface area contributed by atoms with E-state index >= 15 is 0 Å². The van der Waals surface area contributed by atoms with E-state index in [1.165, 1.54) is 5.56 Å². The fraction of sp³-hybridized carbons (Fsp3) is 0.571. The summed E-state index contributed by atoms with van der Waals surface area (Å²) in [6.45, 7) is 10.9. The van der Waals surface area contributed by atoms with Crippen LogP contribution in [0.25, 0.3) is 0 Å². The molecule has 0 aliphatic heterocycles. The lowest BCUT2D eigenvalue weighted by molar-refractivity contribution is 0.252. The number of rotatable bonds is 4. The maximum atomic E-state index is 5.88. The molecule has 1 aromatic carbocycles. The van der Waals surface area contributed by atoms with E-state index < -0.39 is 0 Å². The van der Waals surface area contributed by atoms with Gasteiger partial charge >= 0.3 is 0 Å². The number of anilines is 1. The highest BCUT2D eigenvalue weighted by Gasteiger charge is 2.19. The Labute approximate surface area is 110 Å². The number of halogens is 1. The van der Waals surface area contributed by atoms with Crippen molar-refractivity contribution in [3.63, 3.8) is 0 Å². The predicted molar refractivity (Wildman–Crippen MR) is 76.2 cm³/mol. The monoisotopic (exact) mass is 254 g/mol. The smallest absolute Gasteiger partial charge is 0.0635 e. The zero-order valence-corrected chi connectivity index (χ0v) is 11.9. The molecule has 1 rings (SSSR count). The van der Waals surface area contributed by atoms with Crippen LogP contribution in [0.3, 0.4) is 0 Å². The van der Waals surface area contributed by atoms with Crippen LogP contribution in [0.5, 0.6) is 0 Å². The second-order valence-electron chi connectivity index (χ2n) is 5.75. The Morgan fingerprint density at radius 3 is 2.53 bits per heavy atom. The summed E-state index contributed by atoms with van der Waals surface area (Å²) in [6.07, 6.45) is 0. The Hall–Kier alpha value is -0.730. The van der Waals surface area contributed by atoms with Gasteiger partial charge in [0.2, 0.25) is 0 Å². The second-order valence-corrected chi connectivity index (χ2v) is 6.16. The highest BCUT2D eigenvalue weighted by atomic mass is 35.5. The van der Waals surface area contributed by atoms with Crippen LogP contribution < -0.4 is 11.1 Å². The minimum atomic E-state index is 0.339. The average molecular weight is 255 g/mol. The van der Waals surface area contributed by atoms with Gasteiger partial charge in [-0.15, -0.1) is 0 Å². The van der Waals surface area contributed by atoms with Gasteiger partial charge in [-0.1, -0.05) is 45.4 Å². The summed E-state index contributed by atoms with van der Waals surface area (Å²) < 4.78 is 0. The molecule has 0 spiro atoms. The van der Waals surface area contributed by atoms with E-state index in [0.29, 0.717) is 22.0 Å². The van der Waals surface area contributed by atoms with Crippen LogP contribution >= 0.6 is 11.6 Å². The number of hydrogen-bond donors (Lipinski definition) is 2. The molecule has 1 unspecified atom stereocenters.